The molecule has 3 aromatic rings. The van der Waals surface area contributed by atoms with Crippen molar-refractivity contribution in [2.75, 3.05) is 18.3 Å². The molecule has 0 N–H and O–H groups in total. The molecule has 0 spiro atoms. The van der Waals surface area contributed by atoms with Crippen LogP contribution in [0.1, 0.15) is 22.6 Å². The molecule has 0 aliphatic carbocycles. The molecule has 1 aliphatic heterocycles. The average molecular weight is 375 g/mol. The van der Waals surface area contributed by atoms with Gasteiger partial charge in [-0.15, -0.1) is 11.8 Å². The van der Waals surface area contributed by atoms with E-state index in [0.29, 0.717) is 6.54 Å². The Morgan fingerprint density at radius 1 is 0.926 bits per heavy atom. The first kappa shape index (κ1) is 17.8. The zero-order chi connectivity index (χ0) is 18.8. The van der Waals surface area contributed by atoms with Gasteiger partial charge in [0.1, 0.15) is 0 Å². The molecule has 1 heterocycles. The Morgan fingerprint density at radius 3 is 2.37 bits per heavy atom. The molecule has 1 unspecified atom stereocenters. The number of carbonyl (C=O) groups is 1. The highest BCUT2D eigenvalue weighted by molar-refractivity contribution is 7.98. The highest BCUT2D eigenvalue weighted by Gasteiger charge is 2.40. The quantitative estimate of drug-likeness (QED) is 0.591. The lowest BCUT2D eigenvalue weighted by Crippen LogP contribution is -2.42. The SMILES string of the molecule is CSc1ccccc1CN(C)N1C(=O)C(c2ccccc2)c2ccccc21. The molecule has 27 heavy (non-hydrogen) atoms. The van der Waals surface area contributed by atoms with Crippen LogP contribution in [0.25, 0.3) is 0 Å². The van der Waals surface area contributed by atoms with E-state index in [1.165, 1.54) is 10.5 Å². The van der Waals surface area contributed by atoms with E-state index in [1.54, 1.807) is 11.8 Å². The number of nitrogens with zero attached hydrogens (tertiary/aromatic N) is 2. The molecular formula is C23H22N2OS. The zero-order valence-electron chi connectivity index (χ0n) is 15.5. The highest BCUT2D eigenvalue weighted by Crippen LogP contribution is 2.41. The monoisotopic (exact) mass is 374 g/mol. The summed E-state index contributed by atoms with van der Waals surface area (Å²) in [6.45, 7) is 0.679. The molecular weight excluding hydrogens is 352 g/mol. The lowest BCUT2D eigenvalue weighted by Gasteiger charge is -2.29. The van der Waals surface area contributed by atoms with Gasteiger partial charge in [-0.3, -0.25) is 4.79 Å². The Bertz CT molecular complexity index is 957. The third kappa shape index (κ3) is 3.27. The molecule has 136 valence electrons. The maximum absolute atomic E-state index is 13.4. The molecule has 0 saturated heterocycles. The summed E-state index contributed by atoms with van der Waals surface area (Å²) in [5.41, 5.74) is 4.30. The zero-order valence-corrected chi connectivity index (χ0v) is 16.3. The van der Waals surface area contributed by atoms with E-state index in [9.17, 15) is 4.79 Å². The minimum Gasteiger partial charge on any atom is -0.272 e. The second-order valence-electron chi connectivity index (χ2n) is 6.68. The topological polar surface area (TPSA) is 23.6 Å². The first-order valence-corrected chi connectivity index (χ1v) is 10.2. The number of hydrogen-bond donors (Lipinski definition) is 0. The van der Waals surface area contributed by atoms with Crippen LogP contribution in [-0.2, 0) is 11.3 Å². The molecule has 4 heteroatoms. The average Bonchev–Trinajstić information content (AvgIpc) is 3.01. The fourth-order valence-corrected chi connectivity index (χ4v) is 4.38. The van der Waals surface area contributed by atoms with Crippen LogP contribution >= 0.6 is 11.8 Å². The normalized spacial score (nSPS) is 16.0. The fraction of sp³-hybridized carbons (Fsp3) is 0.174. The van der Waals surface area contributed by atoms with Crippen LogP contribution in [0, 0.1) is 0 Å². The summed E-state index contributed by atoms with van der Waals surface area (Å²) in [6, 6.07) is 26.5. The number of carbonyl (C=O) groups excluding carboxylic acids is 1. The smallest absolute Gasteiger partial charge is 0.253 e. The predicted molar refractivity (Wildman–Crippen MR) is 112 cm³/mol. The van der Waals surface area contributed by atoms with Crippen molar-refractivity contribution in [1.29, 1.82) is 0 Å². The van der Waals surface area contributed by atoms with Gasteiger partial charge in [-0.05, 0) is 35.1 Å². The third-order valence-corrected chi connectivity index (χ3v) is 5.84. The number of hydrogen-bond acceptors (Lipinski definition) is 3. The summed E-state index contributed by atoms with van der Waals surface area (Å²) in [7, 11) is 1.99. The lowest BCUT2D eigenvalue weighted by atomic mass is 9.93. The number of hydrazine groups is 1. The summed E-state index contributed by atoms with van der Waals surface area (Å²) in [5, 5.41) is 3.86. The van der Waals surface area contributed by atoms with E-state index in [4.69, 9.17) is 0 Å². The van der Waals surface area contributed by atoms with Crippen molar-refractivity contribution < 1.29 is 4.79 Å². The van der Waals surface area contributed by atoms with Gasteiger partial charge in [0.2, 0.25) is 0 Å². The molecule has 1 amide bonds. The van der Waals surface area contributed by atoms with E-state index in [-0.39, 0.29) is 11.8 Å². The summed E-state index contributed by atoms with van der Waals surface area (Å²) in [6.07, 6.45) is 2.08. The molecule has 0 fully saturated rings. The summed E-state index contributed by atoms with van der Waals surface area (Å²) < 4.78 is 0. The van der Waals surface area contributed by atoms with E-state index >= 15 is 0 Å². The van der Waals surface area contributed by atoms with Gasteiger partial charge in [0, 0.05) is 18.5 Å². The molecule has 1 atom stereocenters. The maximum Gasteiger partial charge on any atom is 0.253 e. The van der Waals surface area contributed by atoms with Crippen LogP contribution in [0.3, 0.4) is 0 Å². The lowest BCUT2D eigenvalue weighted by molar-refractivity contribution is -0.121. The van der Waals surface area contributed by atoms with Crippen LogP contribution < -0.4 is 5.01 Å². The second kappa shape index (κ2) is 7.59. The summed E-state index contributed by atoms with van der Waals surface area (Å²) >= 11 is 1.73. The van der Waals surface area contributed by atoms with Gasteiger partial charge in [-0.1, -0.05) is 66.7 Å². The molecule has 1 aliphatic rings. The van der Waals surface area contributed by atoms with Crippen molar-refractivity contribution in [2.45, 2.75) is 17.4 Å². The standard InChI is InChI=1S/C23H22N2OS/c1-24(16-18-12-6-9-15-21(18)27-2)25-20-14-8-7-13-19(20)22(23(25)26)17-10-4-3-5-11-17/h3-15,22H,16H2,1-2H3. The largest absolute Gasteiger partial charge is 0.272 e. The van der Waals surface area contributed by atoms with Crippen molar-refractivity contribution >= 4 is 23.4 Å². The van der Waals surface area contributed by atoms with Crippen LogP contribution in [-0.4, -0.2) is 24.2 Å². The number of para-hydroxylation sites is 1. The predicted octanol–water partition coefficient (Wildman–Crippen LogP) is 4.93. The number of fused-ring (bicyclic) bond motifs is 1. The minimum absolute atomic E-state index is 0.103. The highest BCUT2D eigenvalue weighted by atomic mass is 32.2. The van der Waals surface area contributed by atoms with E-state index in [2.05, 4.69) is 36.6 Å². The number of rotatable bonds is 5. The number of amides is 1. The molecule has 0 aromatic heterocycles. The Balaban J connectivity index is 1.70. The summed E-state index contributed by atoms with van der Waals surface area (Å²) in [5.74, 6) is -0.146. The van der Waals surface area contributed by atoms with Crippen molar-refractivity contribution in [2.24, 2.45) is 0 Å². The first-order chi connectivity index (χ1) is 13.2. The van der Waals surface area contributed by atoms with Gasteiger partial charge in [0.15, 0.2) is 0 Å². The molecule has 0 radical (unpaired) electrons. The Labute approximate surface area is 164 Å². The molecule has 3 nitrogen and oxygen atoms in total. The second-order valence-corrected chi connectivity index (χ2v) is 7.53. The minimum atomic E-state index is -0.249. The third-order valence-electron chi connectivity index (χ3n) is 5.00. The first-order valence-electron chi connectivity index (χ1n) is 9.01. The number of anilines is 1. The van der Waals surface area contributed by atoms with Crippen molar-refractivity contribution in [3.05, 3.63) is 95.6 Å². The Hall–Kier alpha value is -2.56. The van der Waals surface area contributed by atoms with Gasteiger partial charge in [0.05, 0.1) is 11.6 Å². The van der Waals surface area contributed by atoms with E-state index in [0.717, 1.165) is 16.8 Å². The van der Waals surface area contributed by atoms with E-state index in [1.807, 2.05) is 65.6 Å². The van der Waals surface area contributed by atoms with Crippen LogP contribution in [0.4, 0.5) is 5.69 Å². The Morgan fingerprint density at radius 2 is 1.59 bits per heavy atom. The van der Waals surface area contributed by atoms with Crippen LogP contribution in [0.5, 0.6) is 0 Å². The maximum atomic E-state index is 13.4. The number of thioether (sulfide) groups is 1. The van der Waals surface area contributed by atoms with Gasteiger partial charge < -0.3 is 0 Å². The van der Waals surface area contributed by atoms with Gasteiger partial charge in [0.25, 0.3) is 5.91 Å². The number of benzene rings is 3. The molecule has 3 aromatic carbocycles. The van der Waals surface area contributed by atoms with Crippen molar-refractivity contribution in [1.82, 2.24) is 5.01 Å². The Kier molecular flexibility index (Phi) is 5.01. The van der Waals surface area contributed by atoms with Gasteiger partial charge in [-0.2, -0.15) is 0 Å². The van der Waals surface area contributed by atoms with E-state index < -0.39 is 0 Å². The molecule has 4 rings (SSSR count). The summed E-state index contributed by atoms with van der Waals surface area (Å²) in [4.78, 5) is 14.7. The van der Waals surface area contributed by atoms with Gasteiger partial charge >= 0.3 is 0 Å². The van der Waals surface area contributed by atoms with Crippen molar-refractivity contribution in [3.63, 3.8) is 0 Å². The fourth-order valence-electron chi connectivity index (χ4n) is 3.77. The van der Waals surface area contributed by atoms with Gasteiger partial charge in [-0.25, -0.2) is 10.0 Å². The molecule has 0 saturated carbocycles. The van der Waals surface area contributed by atoms with Crippen LogP contribution in [0.2, 0.25) is 0 Å². The van der Waals surface area contributed by atoms with Crippen molar-refractivity contribution in [3.8, 4) is 0 Å². The van der Waals surface area contributed by atoms with Crippen LogP contribution in [0.15, 0.2) is 83.8 Å². The molecule has 0 bridgehead atoms.